The van der Waals surface area contributed by atoms with E-state index in [0.29, 0.717) is 17.0 Å². The summed E-state index contributed by atoms with van der Waals surface area (Å²) in [6.07, 6.45) is 9.98. The van der Waals surface area contributed by atoms with E-state index in [-0.39, 0.29) is 11.8 Å². The highest BCUT2D eigenvalue weighted by Crippen LogP contribution is 2.42. The molecule has 0 saturated carbocycles. The first-order valence-electron chi connectivity index (χ1n) is 10.4. The van der Waals surface area contributed by atoms with Gasteiger partial charge < -0.3 is 10.2 Å². The lowest BCUT2D eigenvalue weighted by atomic mass is 9.97. The van der Waals surface area contributed by atoms with Crippen LogP contribution in [0.25, 0.3) is 6.08 Å². The molecule has 154 valence electrons. The number of thioether (sulfide) groups is 1. The normalized spacial score (nSPS) is 17.5. The zero-order valence-electron chi connectivity index (χ0n) is 17.2. The second kappa shape index (κ2) is 9.35. The third-order valence-corrected chi connectivity index (χ3v) is 6.61. The van der Waals surface area contributed by atoms with E-state index in [1.54, 1.807) is 11.9 Å². The summed E-state index contributed by atoms with van der Waals surface area (Å²) in [7, 11) is 1.76. The standard InChI is InChI=1S/C25H26N2O2S/c1-27-21-17-20(24(28)26-15-14-18-8-4-2-5-9-18)12-13-22(21)30-23(25(27)29)16-19-10-6-3-7-11-19/h3,6-8,10-13,16-17H,2,4-5,9,14-15H2,1H3,(H,26,28). The first kappa shape index (κ1) is 20.5. The van der Waals surface area contributed by atoms with Crippen molar-refractivity contribution in [3.8, 4) is 0 Å². The molecule has 0 unspecified atom stereocenters. The first-order valence-corrected chi connectivity index (χ1v) is 11.3. The summed E-state index contributed by atoms with van der Waals surface area (Å²) in [5.41, 5.74) is 3.81. The molecule has 0 saturated heterocycles. The molecule has 2 aromatic rings. The summed E-state index contributed by atoms with van der Waals surface area (Å²) in [5.74, 6) is -0.149. The van der Waals surface area contributed by atoms with Crippen LogP contribution < -0.4 is 10.2 Å². The van der Waals surface area contributed by atoms with E-state index in [9.17, 15) is 9.59 Å². The van der Waals surface area contributed by atoms with Gasteiger partial charge in [0.1, 0.15) is 0 Å². The van der Waals surface area contributed by atoms with Gasteiger partial charge in [-0.05, 0) is 61.9 Å². The maximum Gasteiger partial charge on any atom is 0.264 e. The zero-order valence-corrected chi connectivity index (χ0v) is 18.0. The number of rotatable bonds is 5. The van der Waals surface area contributed by atoms with Crippen molar-refractivity contribution in [2.24, 2.45) is 0 Å². The van der Waals surface area contributed by atoms with Crippen LogP contribution in [0.2, 0.25) is 0 Å². The van der Waals surface area contributed by atoms with Crippen molar-refractivity contribution in [1.29, 1.82) is 0 Å². The van der Waals surface area contributed by atoms with Crippen molar-refractivity contribution in [3.63, 3.8) is 0 Å². The number of fused-ring (bicyclic) bond motifs is 1. The second-order valence-electron chi connectivity index (χ2n) is 7.68. The van der Waals surface area contributed by atoms with Crippen molar-refractivity contribution in [2.45, 2.75) is 37.0 Å². The predicted octanol–water partition coefficient (Wildman–Crippen LogP) is 5.42. The Morgan fingerprint density at radius 3 is 2.77 bits per heavy atom. The summed E-state index contributed by atoms with van der Waals surface area (Å²) in [6, 6.07) is 15.4. The Labute approximate surface area is 182 Å². The number of benzene rings is 2. The summed E-state index contributed by atoms with van der Waals surface area (Å²) < 4.78 is 0. The molecular weight excluding hydrogens is 392 g/mol. The number of nitrogens with one attached hydrogen (secondary N) is 1. The van der Waals surface area contributed by atoms with Gasteiger partial charge in [-0.15, -0.1) is 0 Å². The largest absolute Gasteiger partial charge is 0.352 e. The average Bonchev–Trinajstić information content (AvgIpc) is 2.78. The number of carbonyl (C=O) groups excluding carboxylic acids is 2. The third-order valence-electron chi connectivity index (χ3n) is 5.53. The number of anilines is 1. The fourth-order valence-electron chi connectivity index (χ4n) is 3.81. The zero-order chi connectivity index (χ0) is 20.9. The Morgan fingerprint density at radius 2 is 2.00 bits per heavy atom. The van der Waals surface area contributed by atoms with E-state index < -0.39 is 0 Å². The highest BCUT2D eigenvalue weighted by atomic mass is 32.2. The predicted molar refractivity (Wildman–Crippen MR) is 124 cm³/mol. The molecule has 0 spiro atoms. The van der Waals surface area contributed by atoms with Crippen molar-refractivity contribution in [3.05, 3.63) is 76.2 Å². The van der Waals surface area contributed by atoms with E-state index in [2.05, 4.69) is 11.4 Å². The van der Waals surface area contributed by atoms with E-state index in [4.69, 9.17) is 0 Å². The molecule has 1 aliphatic carbocycles. The molecule has 1 heterocycles. The molecule has 0 fully saturated rings. The Morgan fingerprint density at radius 1 is 1.17 bits per heavy atom. The van der Waals surface area contributed by atoms with Gasteiger partial charge in [0.05, 0.1) is 10.6 Å². The molecule has 2 amide bonds. The van der Waals surface area contributed by atoms with Crippen molar-refractivity contribution in [1.82, 2.24) is 5.32 Å². The highest BCUT2D eigenvalue weighted by molar-refractivity contribution is 8.04. The lowest BCUT2D eigenvalue weighted by Gasteiger charge is -2.27. The minimum absolute atomic E-state index is 0.0573. The lowest BCUT2D eigenvalue weighted by molar-refractivity contribution is -0.114. The fraction of sp³-hybridized carbons (Fsp3) is 0.280. The second-order valence-corrected chi connectivity index (χ2v) is 8.77. The van der Waals surface area contributed by atoms with Crippen LogP contribution in [0.4, 0.5) is 5.69 Å². The van der Waals surface area contributed by atoms with Crippen molar-refractivity contribution >= 4 is 35.3 Å². The fourth-order valence-corrected chi connectivity index (χ4v) is 4.90. The van der Waals surface area contributed by atoms with Crippen LogP contribution in [-0.2, 0) is 4.79 Å². The van der Waals surface area contributed by atoms with Gasteiger partial charge in [-0.2, -0.15) is 0 Å². The Balaban J connectivity index is 1.46. The number of likely N-dealkylation sites (N-methyl/N-ethyl adjacent to an activating group) is 1. The SMILES string of the molecule is CN1C(=O)C(=Cc2ccccc2)Sc2ccc(C(=O)NCCC3=CCCCC3)cc21. The van der Waals surface area contributed by atoms with Crippen molar-refractivity contribution in [2.75, 3.05) is 18.5 Å². The van der Waals surface area contributed by atoms with Gasteiger partial charge in [0.2, 0.25) is 0 Å². The topological polar surface area (TPSA) is 49.4 Å². The Bertz CT molecular complexity index is 1010. The van der Waals surface area contributed by atoms with Gasteiger partial charge in [0.15, 0.2) is 0 Å². The first-order chi connectivity index (χ1) is 14.6. The molecule has 4 rings (SSSR count). The average molecular weight is 419 g/mol. The quantitative estimate of drug-likeness (QED) is 0.521. The summed E-state index contributed by atoms with van der Waals surface area (Å²) in [6.45, 7) is 0.648. The molecule has 30 heavy (non-hydrogen) atoms. The van der Waals surface area contributed by atoms with E-state index >= 15 is 0 Å². The van der Waals surface area contributed by atoms with Crippen LogP contribution in [0.5, 0.6) is 0 Å². The Hall–Kier alpha value is -2.79. The van der Waals surface area contributed by atoms with Gasteiger partial charge in [0.25, 0.3) is 11.8 Å². The number of hydrogen-bond donors (Lipinski definition) is 1. The number of allylic oxidation sites excluding steroid dienone is 1. The molecule has 1 N–H and O–H groups in total. The molecule has 2 aliphatic rings. The maximum atomic E-state index is 12.9. The molecule has 0 bridgehead atoms. The Kier molecular flexibility index (Phi) is 6.38. The van der Waals surface area contributed by atoms with Crippen LogP contribution >= 0.6 is 11.8 Å². The molecule has 5 heteroatoms. The van der Waals surface area contributed by atoms with E-state index in [1.807, 2.05) is 54.6 Å². The smallest absolute Gasteiger partial charge is 0.264 e. The molecule has 4 nitrogen and oxygen atoms in total. The molecule has 2 aromatic carbocycles. The number of nitrogens with zero attached hydrogens (tertiary/aromatic N) is 1. The maximum absolute atomic E-state index is 12.9. The van der Waals surface area contributed by atoms with Crippen molar-refractivity contribution < 1.29 is 9.59 Å². The van der Waals surface area contributed by atoms with Crippen LogP contribution in [0.15, 0.2) is 70.0 Å². The van der Waals surface area contributed by atoms with Crippen LogP contribution in [0.1, 0.15) is 48.0 Å². The lowest BCUT2D eigenvalue weighted by Crippen LogP contribution is -2.31. The number of amides is 2. The van der Waals surface area contributed by atoms with E-state index in [1.165, 1.54) is 30.2 Å². The molecule has 1 aliphatic heterocycles. The highest BCUT2D eigenvalue weighted by Gasteiger charge is 2.27. The summed E-state index contributed by atoms with van der Waals surface area (Å²) in [5, 5.41) is 3.02. The van der Waals surface area contributed by atoms with E-state index in [0.717, 1.165) is 35.4 Å². The van der Waals surface area contributed by atoms with Gasteiger partial charge in [-0.25, -0.2) is 0 Å². The molecular formula is C25H26N2O2S. The summed E-state index contributed by atoms with van der Waals surface area (Å²) >= 11 is 1.45. The minimum Gasteiger partial charge on any atom is -0.352 e. The number of hydrogen-bond acceptors (Lipinski definition) is 3. The molecule has 0 atom stereocenters. The van der Waals surface area contributed by atoms with Gasteiger partial charge >= 0.3 is 0 Å². The minimum atomic E-state index is -0.0920. The van der Waals surface area contributed by atoms with Crippen LogP contribution in [0, 0.1) is 0 Å². The molecule has 0 radical (unpaired) electrons. The van der Waals surface area contributed by atoms with Crippen LogP contribution in [-0.4, -0.2) is 25.4 Å². The summed E-state index contributed by atoms with van der Waals surface area (Å²) in [4.78, 5) is 28.7. The van der Waals surface area contributed by atoms with Crippen LogP contribution in [0.3, 0.4) is 0 Å². The van der Waals surface area contributed by atoms with Gasteiger partial charge in [0, 0.05) is 24.1 Å². The monoisotopic (exact) mass is 418 g/mol. The molecule has 0 aromatic heterocycles. The third kappa shape index (κ3) is 4.68. The van der Waals surface area contributed by atoms with Gasteiger partial charge in [-0.3, -0.25) is 9.59 Å². The van der Waals surface area contributed by atoms with Gasteiger partial charge in [-0.1, -0.05) is 53.7 Å². The number of carbonyl (C=O) groups is 2.